The molecule has 1 fully saturated rings. The summed E-state index contributed by atoms with van der Waals surface area (Å²) in [5, 5.41) is 3.03. The molecule has 0 saturated heterocycles. The molecule has 1 aromatic rings. The van der Waals surface area contributed by atoms with E-state index in [0.29, 0.717) is 17.0 Å². The van der Waals surface area contributed by atoms with Crippen molar-refractivity contribution >= 4 is 11.6 Å². The van der Waals surface area contributed by atoms with Gasteiger partial charge in [-0.25, -0.2) is 0 Å². The quantitative estimate of drug-likeness (QED) is 0.669. The lowest BCUT2D eigenvalue weighted by Crippen LogP contribution is -2.45. The van der Waals surface area contributed by atoms with Crippen molar-refractivity contribution in [2.75, 3.05) is 5.73 Å². The van der Waals surface area contributed by atoms with Crippen LogP contribution >= 0.6 is 0 Å². The molecule has 1 amide bonds. The summed E-state index contributed by atoms with van der Waals surface area (Å²) < 4.78 is 5.95. The third-order valence-electron chi connectivity index (χ3n) is 3.58. The third kappa shape index (κ3) is 1.73. The second-order valence-corrected chi connectivity index (χ2v) is 4.74. The van der Waals surface area contributed by atoms with Crippen LogP contribution in [0.15, 0.2) is 18.2 Å². The number of hydrogen-bond acceptors (Lipinski definition) is 3. The van der Waals surface area contributed by atoms with Crippen molar-refractivity contribution in [1.82, 2.24) is 5.32 Å². The molecule has 0 aromatic heterocycles. The first-order valence-electron chi connectivity index (χ1n) is 6.12. The van der Waals surface area contributed by atoms with Crippen LogP contribution in [0.4, 0.5) is 5.69 Å². The molecule has 1 aliphatic heterocycles. The molecule has 2 aliphatic rings. The summed E-state index contributed by atoms with van der Waals surface area (Å²) in [6.07, 6.45) is 4.39. The van der Waals surface area contributed by atoms with Gasteiger partial charge in [-0.05, 0) is 31.4 Å². The number of amides is 1. The lowest BCUT2D eigenvalue weighted by atomic mass is 9.92. The Labute approximate surface area is 100 Å². The van der Waals surface area contributed by atoms with Crippen LogP contribution in [0, 0.1) is 0 Å². The summed E-state index contributed by atoms with van der Waals surface area (Å²) in [7, 11) is 0. The fourth-order valence-electron chi connectivity index (χ4n) is 2.70. The monoisotopic (exact) mass is 232 g/mol. The van der Waals surface area contributed by atoms with E-state index in [1.807, 2.05) is 12.1 Å². The summed E-state index contributed by atoms with van der Waals surface area (Å²) in [5.41, 5.74) is 6.82. The Morgan fingerprint density at radius 3 is 3.00 bits per heavy atom. The zero-order chi connectivity index (χ0) is 11.8. The Balaban J connectivity index is 2.02. The van der Waals surface area contributed by atoms with Crippen molar-refractivity contribution in [3.05, 3.63) is 23.8 Å². The van der Waals surface area contributed by atoms with Crippen LogP contribution in [0.1, 0.15) is 36.0 Å². The normalized spacial score (nSPS) is 27.2. The van der Waals surface area contributed by atoms with Gasteiger partial charge in [-0.2, -0.15) is 0 Å². The number of ether oxygens (including phenoxy) is 1. The van der Waals surface area contributed by atoms with E-state index >= 15 is 0 Å². The average Bonchev–Trinajstić information content (AvgIpc) is 2.45. The summed E-state index contributed by atoms with van der Waals surface area (Å²) in [4.78, 5) is 12.1. The Morgan fingerprint density at radius 1 is 1.29 bits per heavy atom. The molecule has 17 heavy (non-hydrogen) atoms. The minimum absolute atomic E-state index is 0.0933. The molecule has 4 heteroatoms. The number of nitrogens with one attached hydrogen (secondary N) is 1. The summed E-state index contributed by atoms with van der Waals surface area (Å²) >= 11 is 0. The highest BCUT2D eigenvalue weighted by atomic mass is 16.5. The van der Waals surface area contributed by atoms with Crippen LogP contribution in [0.2, 0.25) is 0 Å². The fourth-order valence-corrected chi connectivity index (χ4v) is 2.70. The van der Waals surface area contributed by atoms with Gasteiger partial charge in [-0.15, -0.1) is 0 Å². The van der Waals surface area contributed by atoms with Gasteiger partial charge in [0.1, 0.15) is 17.4 Å². The van der Waals surface area contributed by atoms with Crippen LogP contribution in [0.3, 0.4) is 0 Å². The molecule has 4 nitrogen and oxygen atoms in total. The maximum Gasteiger partial charge on any atom is 0.257 e. The van der Waals surface area contributed by atoms with Gasteiger partial charge in [0.2, 0.25) is 0 Å². The molecule has 0 spiro atoms. The maximum absolute atomic E-state index is 12.1. The number of anilines is 1. The topological polar surface area (TPSA) is 64.4 Å². The number of benzene rings is 1. The molecule has 1 aromatic carbocycles. The Morgan fingerprint density at radius 2 is 2.12 bits per heavy atom. The molecule has 0 radical (unpaired) electrons. The molecule has 3 N–H and O–H groups in total. The highest BCUT2D eigenvalue weighted by Crippen LogP contribution is 2.32. The molecular weight excluding hydrogens is 216 g/mol. The van der Waals surface area contributed by atoms with Crippen LogP contribution in [0.5, 0.6) is 5.75 Å². The molecule has 1 heterocycles. The van der Waals surface area contributed by atoms with E-state index in [0.717, 1.165) is 25.7 Å². The number of nitrogens with two attached hydrogens (primary N) is 1. The van der Waals surface area contributed by atoms with Crippen molar-refractivity contribution in [1.29, 1.82) is 0 Å². The zero-order valence-electron chi connectivity index (χ0n) is 9.61. The smallest absolute Gasteiger partial charge is 0.257 e. The van der Waals surface area contributed by atoms with Gasteiger partial charge in [0.25, 0.3) is 5.91 Å². The maximum atomic E-state index is 12.1. The Hall–Kier alpha value is -1.71. The number of fused-ring (bicyclic) bond motifs is 2. The highest BCUT2D eigenvalue weighted by molar-refractivity contribution is 6.02. The van der Waals surface area contributed by atoms with E-state index in [-0.39, 0.29) is 18.1 Å². The van der Waals surface area contributed by atoms with Crippen molar-refractivity contribution in [2.45, 2.75) is 37.8 Å². The number of hydrogen-bond donors (Lipinski definition) is 2. The molecule has 1 saturated carbocycles. The minimum atomic E-state index is -0.104. The van der Waals surface area contributed by atoms with Crippen LogP contribution < -0.4 is 15.8 Å². The summed E-state index contributed by atoms with van der Waals surface area (Å²) in [6.45, 7) is 0. The molecule has 1 aliphatic carbocycles. The van der Waals surface area contributed by atoms with Gasteiger partial charge in [0.15, 0.2) is 0 Å². The first-order chi connectivity index (χ1) is 8.25. The second kappa shape index (κ2) is 3.95. The third-order valence-corrected chi connectivity index (χ3v) is 3.58. The Bertz CT molecular complexity index is 459. The van der Waals surface area contributed by atoms with Crippen LogP contribution in [0.25, 0.3) is 0 Å². The second-order valence-electron chi connectivity index (χ2n) is 4.74. The number of nitrogen functional groups attached to an aromatic ring is 1. The first-order valence-corrected chi connectivity index (χ1v) is 6.12. The van der Waals surface area contributed by atoms with E-state index < -0.39 is 0 Å². The molecular formula is C13H16N2O2. The van der Waals surface area contributed by atoms with Gasteiger partial charge in [0, 0.05) is 5.69 Å². The lowest BCUT2D eigenvalue weighted by Gasteiger charge is -2.29. The van der Waals surface area contributed by atoms with Crippen molar-refractivity contribution < 1.29 is 9.53 Å². The lowest BCUT2D eigenvalue weighted by molar-refractivity contribution is 0.0869. The van der Waals surface area contributed by atoms with E-state index in [1.54, 1.807) is 6.07 Å². The van der Waals surface area contributed by atoms with Crippen LogP contribution in [-0.4, -0.2) is 18.1 Å². The van der Waals surface area contributed by atoms with E-state index in [2.05, 4.69) is 5.32 Å². The van der Waals surface area contributed by atoms with Crippen molar-refractivity contribution in [2.24, 2.45) is 0 Å². The van der Waals surface area contributed by atoms with Gasteiger partial charge in [-0.3, -0.25) is 4.79 Å². The van der Waals surface area contributed by atoms with Crippen molar-refractivity contribution in [3.63, 3.8) is 0 Å². The van der Waals surface area contributed by atoms with Gasteiger partial charge >= 0.3 is 0 Å². The van der Waals surface area contributed by atoms with E-state index in [1.165, 1.54) is 0 Å². The molecule has 0 bridgehead atoms. The zero-order valence-corrected chi connectivity index (χ0v) is 9.61. The predicted molar refractivity (Wildman–Crippen MR) is 65.0 cm³/mol. The Kier molecular flexibility index (Phi) is 2.42. The fraction of sp³-hybridized carbons (Fsp3) is 0.462. The molecule has 90 valence electrons. The number of carbonyl (C=O) groups excluding carboxylic acids is 1. The number of carbonyl (C=O) groups is 1. The minimum Gasteiger partial charge on any atom is -0.487 e. The van der Waals surface area contributed by atoms with Gasteiger partial charge in [-0.1, -0.05) is 12.5 Å². The predicted octanol–water partition coefficient (Wildman–Crippen LogP) is 1.70. The number of rotatable bonds is 0. The van der Waals surface area contributed by atoms with Gasteiger partial charge < -0.3 is 15.8 Å². The molecule has 2 atom stereocenters. The van der Waals surface area contributed by atoms with Gasteiger partial charge in [0.05, 0.1) is 6.04 Å². The molecule has 0 unspecified atom stereocenters. The largest absolute Gasteiger partial charge is 0.487 e. The highest BCUT2D eigenvalue weighted by Gasteiger charge is 2.33. The molecule has 3 rings (SSSR count). The van der Waals surface area contributed by atoms with E-state index in [4.69, 9.17) is 10.5 Å². The van der Waals surface area contributed by atoms with E-state index in [9.17, 15) is 4.79 Å². The first kappa shape index (κ1) is 10.4. The standard InChI is InChI=1S/C13H16N2O2/c14-8-4-3-7-11-12(8)13(16)15-9-5-1-2-6-10(9)17-11/h3-4,7,9-10H,1-2,5-6,14H2,(H,15,16)/t9-,10-/m0/s1. The summed E-state index contributed by atoms with van der Waals surface area (Å²) in [6, 6.07) is 5.51. The summed E-state index contributed by atoms with van der Waals surface area (Å²) in [5.74, 6) is 0.518. The SMILES string of the molecule is Nc1cccc2c1C(=O)N[C@H]1CCCC[C@@H]1O2. The average molecular weight is 232 g/mol. The van der Waals surface area contributed by atoms with Crippen molar-refractivity contribution in [3.8, 4) is 5.75 Å². The van der Waals surface area contributed by atoms with Crippen LogP contribution in [-0.2, 0) is 0 Å².